The zero-order valence-corrected chi connectivity index (χ0v) is 9.41. The third-order valence-corrected chi connectivity index (χ3v) is 2.74. The Morgan fingerprint density at radius 1 is 1.47 bits per heavy atom. The normalized spacial score (nSPS) is 19.9. The van der Waals surface area contributed by atoms with Gasteiger partial charge in [0.05, 0.1) is 5.69 Å². The maximum absolute atomic E-state index is 12.9. The average Bonchev–Trinajstić information content (AvgIpc) is 2.35. The molecule has 1 aliphatic rings. The number of benzene rings is 1. The summed E-state index contributed by atoms with van der Waals surface area (Å²) in [7, 11) is 0. The second-order valence-corrected chi connectivity index (χ2v) is 4.08. The number of amides is 1. The van der Waals surface area contributed by atoms with Crippen molar-refractivity contribution in [1.82, 2.24) is 0 Å². The predicted molar refractivity (Wildman–Crippen MR) is 63.0 cm³/mol. The predicted octanol–water partition coefficient (Wildman–Crippen LogP) is 1.92. The molecule has 92 valence electrons. The number of rotatable bonds is 2. The fourth-order valence-corrected chi connectivity index (χ4v) is 1.79. The van der Waals surface area contributed by atoms with E-state index in [1.54, 1.807) is 0 Å². The summed E-state index contributed by atoms with van der Waals surface area (Å²) in [6, 6.07) is 4.11. The van der Waals surface area contributed by atoms with Gasteiger partial charge in [0, 0.05) is 12.3 Å². The van der Waals surface area contributed by atoms with E-state index in [2.05, 4.69) is 5.32 Å². The van der Waals surface area contributed by atoms with Crippen LogP contribution in [-0.4, -0.2) is 18.6 Å². The van der Waals surface area contributed by atoms with Crippen LogP contribution >= 0.6 is 0 Å². The second-order valence-electron chi connectivity index (χ2n) is 4.08. The first-order chi connectivity index (χ1) is 8.16. The molecule has 0 radical (unpaired) electrons. The first-order valence-corrected chi connectivity index (χ1v) is 5.64. The van der Waals surface area contributed by atoms with Crippen molar-refractivity contribution in [2.24, 2.45) is 0 Å². The molecule has 1 saturated heterocycles. The molecule has 0 bridgehead atoms. The van der Waals surface area contributed by atoms with Crippen molar-refractivity contribution in [2.75, 3.05) is 17.7 Å². The van der Waals surface area contributed by atoms with Crippen LogP contribution in [0.15, 0.2) is 18.2 Å². The summed E-state index contributed by atoms with van der Waals surface area (Å²) in [5.74, 6) is -0.687. The summed E-state index contributed by atoms with van der Waals surface area (Å²) < 4.78 is 18.3. The Labute approximate surface area is 98.9 Å². The Hall–Kier alpha value is -1.62. The van der Waals surface area contributed by atoms with E-state index in [-0.39, 0.29) is 11.6 Å². The molecule has 0 spiro atoms. The quantitative estimate of drug-likeness (QED) is 0.773. The molecule has 1 atom stereocenters. The summed E-state index contributed by atoms with van der Waals surface area (Å²) in [6.07, 6.45) is 2.30. The molecule has 0 aliphatic carbocycles. The highest BCUT2D eigenvalue weighted by Gasteiger charge is 2.21. The molecular formula is C12H15FN2O2. The SMILES string of the molecule is Nc1cc(NC(=O)C2CCCCO2)ccc1F. The van der Waals surface area contributed by atoms with Crippen molar-refractivity contribution >= 4 is 17.3 Å². The minimum atomic E-state index is -0.489. The Bertz CT molecular complexity index is 417. The number of nitrogens with two attached hydrogens (primary N) is 1. The molecule has 1 aliphatic heterocycles. The highest BCUT2D eigenvalue weighted by Crippen LogP contribution is 2.18. The number of anilines is 2. The maximum Gasteiger partial charge on any atom is 0.253 e. The molecule has 1 fully saturated rings. The second kappa shape index (κ2) is 5.14. The molecule has 5 heteroatoms. The average molecular weight is 238 g/mol. The van der Waals surface area contributed by atoms with Crippen molar-refractivity contribution in [3.8, 4) is 0 Å². The van der Waals surface area contributed by atoms with Gasteiger partial charge in [0.2, 0.25) is 0 Å². The molecule has 4 nitrogen and oxygen atoms in total. The fourth-order valence-electron chi connectivity index (χ4n) is 1.79. The molecule has 1 amide bonds. The van der Waals surface area contributed by atoms with Gasteiger partial charge in [-0.2, -0.15) is 0 Å². The van der Waals surface area contributed by atoms with E-state index < -0.39 is 11.9 Å². The van der Waals surface area contributed by atoms with Crippen molar-refractivity contribution in [1.29, 1.82) is 0 Å². The van der Waals surface area contributed by atoms with Gasteiger partial charge in [0.1, 0.15) is 11.9 Å². The molecular weight excluding hydrogens is 223 g/mol. The van der Waals surface area contributed by atoms with Crippen molar-refractivity contribution in [3.63, 3.8) is 0 Å². The van der Waals surface area contributed by atoms with Crippen LogP contribution in [0.25, 0.3) is 0 Å². The summed E-state index contributed by atoms with van der Waals surface area (Å²) in [6.45, 7) is 0.615. The van der Waals surface area contributed by atoms with E-state index in [9.17, 15) is 9.18 Å². The number of ether oxygens (including phenoxy) is 1. The van der Waals surface area contributed by atoms with Crippen LogP contribution in [0.3, 0.4) is 0 Å². The molecule has 1 aromatic carbocycles. The Morgan fingerprint density at radius 2 is 2.29 bits per heavy atom. The largest absolute Gasteiger partial charge is 0.396 e. The van der Waals surface area contributed by atoms with Crippen molar-refractivity contribution in [3.05, 3.63) is 24.0 Å². The van der Waals surface area contributed by atoms with E-state index in [1.807, 2.05) is 0 Å². The van der Waals surface area contributed by atoms with Gasteiger partial charge >= 0.3 is 0 Å². The first kappa shape index (κ1) is 11.9. The van der Waals surface area contributed by atoms with E-state index in [4.69, 9.17) is 10.5 Å². The monoisotopic (exact) mass is 238 g/mol. The van der Waals surface area contributed by atoms with Crippen molar-refractivity contribution < 1.29 is 13.9 Å². The lowest BCUT2D eigenvalue weighted by Crippen LogP contribution is -2.33. The smallest absolute Gasteiger partial charge is 0.253 e. The number of hydrogen-bond donors (Lipinski definition) is 2. The van der Waals surface area contributed by atoms with E-state index in [0.29, 0.717) is 12.3 Å². The molecule has 3 N–H and O–H groups in total. The minimum absolute atomic E-state index is 0.0207. The lowest BCUT2D eigenvalue weighted by molar-refractivity contribution is -0.129. The van der Waals surface area contributed by atoms with E-state index in [1.165, 1.54) is 18.2 Å². The zero-order valence-electron chi connectivity index (χ0n) is 9.41. The van der Waals surface area contributed by atoms with Crippen LogP contribution in [0.4, 0.5) is 15.8 Å². The van der Waals surface area contributed by atoms with Crippen LogP contribution in [0.1, 0.15) is 19.3 Å². The summed E-state index contributed by atoms with van der Waals surface area (Å²) >= 11 is 0. The van der Waals surface area contributed by atoms with E-state index in [0.717, 1.165) is 19.3 Å². The molecule has 0 saturated carbocycles. The number of carbonyl (C=O) groups excluding carboxylic acids is 1. The Balaban J connectivity index is 1.99. The van der Waals surface area contributed by atoms with Gasteiger partial charge in [0.15, 0.2) is 0 Å². The van der Waals surface area contributed by atoms with Gasteiger partial charge in [-0.25, -0.2) is 4.39 Å². The van der Waals surface area contributed by atoms with Gasteiger partial charge < -0.3 is 15.8 Å². The molecule has 1 aromatic rings. The summed E-state index contributed by atoms with van der Waals surface area (Å²) in [5.41, 5.74) is 5.93. The summed E-state index contributed by atoms with van der Waals surface area (Å²) in [5, 5.41) is 2.67. The van der Waals surface area contributed by atoms with Crippen LogP contribution in [0, 0.1) is 5.82 Å². The Morgan fingerprint density at radius 3 is 2.94 bits per heavy atom. The van der Waals surface area contributed by atoms with Crippen LogP contribution in [0.5, 0.6) is 0 Å². The standard InChI is InChI=1S/C12H15FN2O2/c13-9-5-4-8(7-10(9)14)15-12(16)11-3-1-2-6-17-11/h4-5,7,11H,1-3,6,14H2,(H,15,16). The third-order valence-electron chi connectivity index (χ3n) is 2.74. The minimum Gasteiger partial charge on any atom is -0.396 e. The molecule has 17 heavy (non-hydrogen) atoms. The van der Waals surface area contributed by atoms with Gasteiger partial charge in [-0.15, -0.1) is 0 Å². The summed E-state index contributed by atoms with van der Waals surface area (Å²) in [4.78, 5) is 11.8. The van der Waals surface area contributed by atoms with Crippen molar-refractivity contribution in [2.45, 2.75) is 25.4 Å². The number of hydrogen-bond acceptors (Lipinski definition) is 3. The number of nitrogen functional groups attached to an aromatic ring is 1. The molecule has 0 aromatic heterocycles. The lowest BCUT2D eigenvalue weighted by Gasteiger charge is -2.21. The van der Waals surface area contributed by atoms with Gasteiger partial charge in [-0.05, 0) is 37.5 Å². The first-order valence-electron chi connectivity index (χ1n) is 5.64. The highest BCUT2D eigenvalue weighted by atomic mass is 19.1. The highest BCUT2D eigenvalue weighted by molar-refractivity contribution is 5.94. The molecule has 1 unspecified atom stereocenters. The van der Waals surface area contributed by atoms with Crippen LogP contribution in [-0.2, 0) is 9.53 Å². The van der Waals surface area contributed by atoms with Gasteiger partial charge in [-0.3, -0.25) is 4.79 Å². The van der Waals surface area contributed by atoms with Crippen LogP contribution < -0.4 is 11.1 Å². The fraction of sp³-hybridized carbons (Fsp3) is 0.417. The van der Waals surface area contributed by atoms with Gasteiger partial charge in [0.25, 0.3) is 5.91 Å². The lowest BCUT2D eigenvalue weighted by atomic mass is 10.1. The number of halogens is 1. The number of carbonyl (C=O) groups is 1. The molecule has 1 heterocycles. The zero-order chi connectivity index (χ0) is 12.3. The third kappa shape index (κ3) is 2.94. The van der Waals surface area contributed by atoms with Gasteiger partial charge in [-0.1, -0.05) is 0 Å². The number of nitrogens with one attached hydrogen (secondary N) is 1. The van der Waals surface area contributed by atoms with E-state index >= 15 is 0 Å². The molecule has 2 rings (SSSR count). The van der Waals surface area contributed by atoms with Crippen LogP contribution in [0.2, 0.25) is 0 Å². The topological polar surface area (TPSA) is 64.3 Å². The maximum atomic E-state index is 12.9. The Kier molecular flexibility index (Phi) is 3.58.